The summed E-state index contributed by atoms with van der Waals surface area (Å²) in [7, 11) is -10.7. The fraction of sp³-hybridized carbons (Fsp3) is 0.500. The van der Waals surface area contributed by atoms with E-state index in [1.54, 1.807) is 0 Å². The average molecular weight is 741 g/mol. The molecule has 3 aliphatic rings. The number of phosphoric acid groups is 2. The van der Waals surface area contributed by atoms with Gasteiger partial charge in [-0.25, -0.2) is 14.1 Å². The zero-order chi connectivity index (χ0) is 34.0. The molecule has 3 aliphatic heterocycles. The zero-order valence-corrected chi connectivity index (χ0v) is 26.8. The number of imidazole rings is 1. The van der Waals surface area contributed by atoms with E-state index in [-0.39, 0.29) is 39.4 Å². The van der Waals surface area contributed by atoms with E-state index in [9.17, 15) is 38.7 Å². The van der Waals surface area contributed by atoms with Gasteiger partial charge in [-0.2, -0.15) is 26.9 Å². The van der Waals surface area contributed by atoms with Crippen LogP contribution in [0.4, 0.5) is 23.4 Å². The van der Waals surface area contributed by atoms with Crippen molar-refractivity contribution in [3.05, 3.63) is 27.0 Å². The highest BCUT2D eigenvalue weighted by Crippen LogP contribution is 2.60. The van der Waals surface area contributed by atoms with Crippen molar-refractivity contribution >= 4 is 79.9 Å². The molecule has 0 aromatic carbocycles. The summed E-state index contributed by atoms with van der Waals surface area (Å²) >= 11 is 9.84. The first-order chi connectivity index (χ1) is 22.0. The molecule has 0 bridgehead atoms. The largest absolute Gasteiger partial charge is 0.481 e. The molecule has 0 amide bonds. The average Bonchev–Trinajstić information content (AvgIpc) is 3.52. The number of nitrogens with zero attached hydrogens (tertiary/aromatic N) is 4. The molecule has 2 fully saturated rings. The van der Waals surface area contributed by atoms with Crippen molar-refractivity contribution in [3.63, 3.8) is 0 Å². The van der Waals surface area contributed by atoms with Crippen LogP contribution in [0.1, 0.15) is 6.23 Å². The summed E-state index contributed by atoms with van der Waals surface area (Å²) in [6, 6.07) is -0.680. The maximum atomic E-state index is 12.6. The van der Waals surface area contributed by atoms with Crippen molar-refractivity contribution in [1.82, 2.24) is 29.5 Å². The number of nitrogen functional groups attached to an aromatic ring is 2. The number of hydrogen-bond donors (Lipinski definition) is 11. The highest BCUT2D eigenvalue weighted by molar-refractivity contribution is 7.87. The molecule has 6 rings (SSSR count). The fourth-order valence-corrected chi connectivity index (χ4v) is 7.77. The number of hydrogen-bond acceptors (Lipinski definition) is 20. The van der Waals surface area contributed by atoms with E-state index in [0.29, 0.717) is 0 Å². The van der Waals surface area contributed by atoms with Gasteiger partial charge in [0.15, 0.2) is 29.4 Å². The number of phosphoric ester groups is 2. The van der Waals surface area contributed by atoms with Gasteiger partial charge in [-0.3, -0.25) is 33.2 Å². The number of thiocarbonyl (C=S) groups is 1. The summed E-state index contributed by atoms with van der Waals surface area (Å²) in [6.07, 6.45) is -7.25. The molecule has 3 aromatic heterocycles. The minimum Gasteiger partial charge on any atom is -0.387 e. The second-order valence-corrected chi connectivity index (χ2v) is 14.4. The number of rotatable bonds is 9. The Morgan fingerprint density at radius 2 is 1.66 bits per heavy atom. The standard InChI is InChI=1S/C20H26N10O13P2S2/c21-19-26-13-7(15(33)28-19)24-6-12(47)11(46)5(41-17(6)25-13)2-40-45(37,38)43-44(35,36)39-1-4-9(31)10(32)18(42-4)30-3-23-8-14(30)27-20(22)29-16(8)34/h3-6,9-10,12,17-18,24,31-32,47H,1-2H2,(H,35,36)(H,37,38)(H3,22,27,29,34)(H4,21,25,26,28,33)/t4-,5-,6+,9-,10-,12?,17-,18-/m1/s1. The third kappa shape index (κ3) is 6.67. The first-order valence-electron chi connectivity index (χ1n) is 13.2. The number of thiol groups is 1. The molecule has 0 spiro atoms. The van der Waals surface area contributed by atoms with Crippen LogP contribution in [0, 0.1) is 0 Å². The molecule has 0 radical (unpaired) electrons. The van der Waals surface area contributed by atoms with Crippen LogP contribution in [-0.4, -0.2) is 110 Å². The molecule has 0 aliphatic carbocycles. The molecule has 0 saturated carbocycles. The van der Waals surface area contributed by atoms with Crippen LogP contribution in [-0.2, 0) is 32.0 Å². The van der Waals surface area contributed by atoms with Gasteiger partial charge in [0.1, 0.15) is 30.1 Å². The van der Waals surface area contributed by atoms with Crippen LogP contribution in [0.5, 0.6) is 0 Å². The quantitative estimate of drug-likeness (QED) is 0.0615. The predicted molar refractivity (Wildman–Crippen MR) is 165 cm³/mol. The summed E-state index contributed by atoms with van der Waals surface area (Å²) in [5.41, 5.74) is 9.77. The second kappa shape index (κ2) is 12.5. The van der Waals surface area contributed by atoms with E-state index in [1.165, 1.54) is 0 Å². The Kier molecular flexibility index (Phi) is 8.97. The van der Waals surface area contributed by atoms with Crippen LogP contribution >= 0.6 is 40.5 Å². The highest BCUT2D eigenvalue weighted by Gasteiger charge is 2.48. The number of ether oxygens (including phenoxy) is 2. The SMILES string of the molecule is Nc1nc2c(c(=O)[nH]1)N[C@H]1C(S)C(=S)[C@@H](COP(=O)(O)OP(=O)(O)OC[C@H]3O[C@@H](n4cnc5c(=O)[nH]c(N)nc54)[C@H](O)[C@@H]3O)O[C@H]1N2. The van der Waals surface area contributed by atoms with Gasteiger partial charge in [-0.1, -0.05) is 12.2 Å². The van der Waals surface area contributed by atoms with Gasteiger partial charge in [0.25, 0.3) is 11.1 Å². The molecule has 10 atom stereocenters. The van der Waals surface area contributed by atoms with Crippen LogP contribution in [0.15, 0.2) is 15.9 Å². The molecular formula is C20H26N10O13P2S2. The maximum absolute atomic E-state index is 12.6. The number of fused-ring (bicyclic) bond motifs is 3. The summed E-state index contributed by atoms with van der Waals surface area (Å²) in [4.78, 5) is 61.1. The number of aromatic nitrogens is 6. The molecule has 23 nitrogen and oxygen atoms in total. The maximum Gasteiger partial charge on any atom is 0.481 e. The zero-order valence-electron chi connectivity index (χ0n) is 23.3. The van der Waals surface area contributed by atoms with Crippen molar-refractivity contribution < 1.29 is 52.0 Å². The number of H-pyrrole nitrogens is 2. The topological polar surface area (TPSA) is 347 Å². The number of aliphatic hydroxyl groups excluding tert-OH is 2. The smallest absolute Gasteiger partial charge is 0.387 e. The molecule has 2 saturated heterocycles. The van der Waals surface area contributed by atoms with Gasteiger partial charge in [-0.15, -0.1) is 0 Å². The second-order valence-electron chi connectivity index (χ2n) is 10.3. The monoisotopic (exact) mass is 740 g/mol. The van der Waals surface area contributed by atoms with E-state index in [1.807, 2.05) is 0 Å². The molecule has 6 heterocycles. The van der Waals surface area contributed by atoms with E-state index in [2.05, 4.69) is 52.5 Å². The number of aromatic amines is 2. The fourth-order valence-electron chi connectivity index (χ4n) is 5.02. The lowest BCUT2D eigenvalue weighted by Gasteiger charge is -2.44. The van der Waals surface area contributed by atoms with Crippen LogP contribution in [0.2, 0.25) is 0 Å². The summed E-state index contributed by atoms with van der Waals surface area (Å²) < 4.78 is 51.6. The van der Waals surface area contributed by atoms with E-state index < -0.39 is 88.1 Å². The van der Waals surface area contributed by atoms with Crippen molar-refractivity contribution in [3.8, 4) is 0 Å². The Bertz CT molecular complexity index is 1940. The number of nitrogens with two attached hydrogens (primary N) is 2. The molecule has 27 heteroatoms. The first-order valence-corrected chi connectivity index (χ1v) is 17.1. The van der Waals surface area contributed by atoms with Gasteiger partial charge in [-0.05, 0) is 0 Å². The Balaban J connectivity index is 1.05. The third-order valence-electron chi connectivity index (χ3n) is 7.17. The van der Waals surface area contributed by atoms with Gasteiger partial charge in [0.2, 0.25) is 11.9 Å². The normalized spacial score (nSPS) is 31.3. The number of anilines is 4. The van der Waals surface area contributed by atoms with Crippen molar-refractivity contribution in [2.24, 2.45) is 0 Å². The minimum atomic E-state index is -5.38. The molecule has 3 unspecified atom stereocenters. The number of aliphatic hydroxyl groups is 2. The van der Waals surface area contributed by atoms with Gasteiger partial charge in [0.05, 0.1) is 30.8 Å². The summed E-state index contributed by atoms with van der Waals surface area (Å²) in [5.74, 6) is -0.353. The Hall–Kier alpha value is -3.03. The van der Waals surface area contributed by atoms with E-state index >= 15 is 0 Å². The Morgan fingerprint density at radius 1 is 1.00 bits per heavy atom. The summed E-state index contributed by atoms with van der Waals surface area (Å²) in [6.45, 7) is -1.67. The van der Waals surface area contributed by atoms with Crippen LogP contribution in [0.3, 0.4) is 0 Å². The van der Waals surface area contributed by atoms with Crippen LogP contribution < -0.4 is 33.2 Å². The molecule has 12 N–H and O–H groups in total. The lowest BCUT2D eigenvalue weighted by molar-refractivity contribution is -0.0506. The Morgan fingerprint density at radius 3 is 2.38 bits per heavy atom. The predicted octanol–water partition coefficient (Wildman–Crippen LogP) is -2.46. The van der Waals surface area contributed by atoms with Crippen molar-refractivity contribution in [2.45, 2.75) is 48.2 Å². The molecule has 47 heavy (non-hydrogen) atoms. The van der Waals surface area contributed by atoms with E-state index in [4.69, 9.17) is 42.2 Å². The van der Waals surface area contributed by atoms with Crippen molar-refractivity contribution in [2.75, 3.05) is 35.3 Å². The lowest BCUT2D eigenvalue weighted by atomic mass is 10.00. The van der Waals surface area contributed by atoms with Gasteiger partial charge >= 0.3 is 15.6 Å². The minimum absolute atomic E-state index is 0.0697. The molecule has 256 valence electrons. The molecular weight excluding hydrogens is 714 g/mol. The molecule has 3 aromatic rings. The van der Waals surface area contributed by atoms with Gasteiger partial charge in [0, 0.05) is 4.86 Å². The number of nitrogens with one attached hydrogen (secondary N) is 4. The highest BCUT2D eigenvalue weighted by atomic mass is 32.1. The summed E-state index contributed by atoms with van der Waals surface area (Å²) in [5, 5.41) is 26.0. The van der Waals surface area contributed by atoms with E-state index in [0.717, 1.165) is 10.9 Å². The Labute approximate surface area is 271 Å². The third-order valence-corrected chi connectivity index (χ3v) is 11.1. The van der Waals surface area contributed by atoms with Crippen molar-refractivity contribution in [1.29, 1.82) is 0 Å². The first kappa shape index (κ1) is 33.9. The lowest BCUT2D eigenvalue weighted by Crippen LogP contribution is -2.61. The van der Waals surface area contributed by atoms with Gasteiger partial charge < -0.3 is 51.6 Å². The van der Waals surface area contributed by atoms with Crippen LogP contribution in [0.25, 0.3) is 11.2 Å².